The van der Waals surface area contributed by atoms with E-state index >= 15 is 0 Å². The largest absolute Gasteiger partial charge is 0.493 e. The summed E-state index contributed by atoms with van der Waals surface area (Å²) in [6.07, 6.45) is 2.65. The fourth-order valence-corrected chi connectivity index (χ4v) is 4.86. The number of ether oxygens (including phenoxy) is 1. The smallest absolute Gasteiger partial charge is 0.289 e. The molecule has 30 heavy (non-hydrogen) atoms. The molecule has 3 aromatic rings. The number of hydrogen-bond donors (Lipinski definition) is 1. The molecular formula is C22H23ClN4O3. The monoisotopic (exact) mass is 426 g/mol. The number of furan rings is 1. The van der Waals surface area contributed by atoms with Crippen molar-refractivity contribution in [2.75, 3.05) is 32.5 Å². The third-order valence-electron chi connectivity index (χ3n) is 6.20. The third kappa shape index (κ3) is 3.28. The highest BCUT2D eigenvalue weighted by Crippen LogP contribution is 2.36. The van der Waals surface area contributed by atoms with Crippen LogP contribution in [0.15, 0.2) is 40.9 Å². The van der Waals surface area contributed by atoms with Crippen molar-refractivity contribution >= 4 is 34.3 Å². The number of rotatable bonds is 4. The Morgan fingerprint density at radius 3 is 3.00 bits per heavy atom. The van der Waals surface area contributed by atoms with Crippen LogP contribution >= 0.6 is 11.6 Å². The van der Waals surface area contributed by atoms with Gasteiger partial charge in [0.25, 0.3) is 5.91 Å². The van der Waals surface area contributed by atoms with Crippen LogP contribution in [-0.4, -0.2) is 53.5 Å². The number of amides is 1. The molecule has 2 N–H and O–H groups in total. The maximum Gasteiger partial charge on any atom is 0.289 e. The lowest BCUT2D eigenvalue weighted by Gasteiger charge is -2.53. The van der Waals surface area contributed by atoms with Crippen molar-refractivity contribution in [3.63, 3.8) is 0 Å². The molecule has 2 aliphatic rings. The van der Waals surface area contributed by atoms with E-state index < -0.39 is 0 Å². The van der Waals surface area contributed by atoms with E-state index in [1.165, 1.54) is 0 Å². The van der Waals surface area contributed by atoms with Crippen molar-refractivity contribution in [2.45, 2.75) is 19.0 Å². The van der Waals surface area contributed by atoms with Crippen LogP contribution < -0.4 is 10.5 Å². The van der Waals surface area contributed by atoms with Crippen LogP contribution in [0.1, 0.15) is 22.5 Å². The zero-order valence-electron chi connectivity index (χ0n) is 16.7. The number of fused-ring (bicyclic) bond motifs is 2. The van der Waals surface area contributed by atoms with Crippen molar-refractivity contribution in [2.24, 2.45) is 5.92 Å². The van der Waals surface area contributed by atoms with Gasteiger partial charge in [0.1, 0.15) is 5.82 Å². The Balaban J connectivity index is 1.26. The van der Waals surface area contributed by atoms with Gasteiger partial charge in [-0.15, -0.1) is 0 Å². The second-order valence-electron chi connectivity index (χ2n) is 7.98. The molecule has 7 nitrogen and oxygen atoms in total. The number of likely N-dealkylation sites (tertiary alicyclic amines) is 2. The number of methoxy groups -OCH3 is 1. The molecule has 0 radical (unpaired) electrons. The number of nitrogens with zero attached hydrogens (tertiary/aromatic N) is 3. The van der Waals surface area contributed by atoms with E-state index in [-0.39, 0.29) is 5.91 Å². The molecule has 1 aromatic carbocycles. The Hall–Kier alpha value is -2.77. The van der Waals surface area contributed by atoms with Gasteiger partial charge in [-0.25, -0.2) is 4.98 Å². The van der Waals surface area contributed by atoms with Gasteiger partial charge in [-0.3, -0.25) is 9.69 Å². The maximum absolute atomic E-state index is 13.1. The molecule has 0 aliphatic carbocycles. The average molecular weight is 427 g/mol. The predicted octanol–water partition coefficient (Wildman–Crippen LogP) is 3.42. The molecule has 4 heterocycles. The summed E-state index contributed by atoms with van der Waals surface area (Å²) >= 11 is 6.13. The van der Waals surface area contributed by atoms with E-state index in [4.69, 9.17) is 26.5 Å². The lowest BCUT2D eigenvalue weighted by Crippen LogP contribution is -2.63. The number of hydrogen-bond acceptors (Lipinski definition) is 6. The topological polar surface area (TPSA) is 84.8 Å². The number of anilines is 1. The molecule has 1 amide bonds. The number of nitrogens with two attached hydrogens (primary N) is 1. The summed E-state index contributed by atoms with van der Waals surface area (Å²) in [6, 6.07) is 9.63. The van der Waals surface area contributed by atoms with E-state index in [1.807, 2.05) is 17.0 Å². The number of pyridine rings is 1. The standard InChI is InChI=1S/C22H23ClN4O3/c1-29-18-9-16(23)7-14-8-19(30-20(14)18)22(28)26-6-4-17-15(11-26)12-27(17)10-13-3-2-5-25-21(13)24/h2-3,5,7-9,15,17H,4,6,10-12H2,1H3,(H2,24,25)/t15-,17-/m0/s1. The number of aromatic nitrogens is 1. The third-order valence-corrected chi connectivity index (χ3v) is 6.41. The molecule has 2 aliphatic heterocycles. The predicted molar refractivity (Wildman–Crippen MR) is 115 cm³/mol. The lowest BCUT2D eigenvalue weighted by atomic mass is 9.82. The Morgan fingerprint density at radius 1 is 1.37 bits per heavy atom. The fourth-order valence-electron chi connectivity index (χ4n) is 4.65. The van der Waals surface area contributed by atoms with Gasteiger partial charge in [-0.05, 0) is 24.6 Å². The van der Waals surface area contributed by atoms with Crippen LogP contribution in [0.25, 0.3) is 11.0 Å². The van der Waals surface area contributed by atoms with Gasteiger partial charge in [0.2, 0.25) is 0 Å². The van der Waals surface area contributed by atoms with Crippen LogP contribution in [0.3, 0.4) is 0 Å². The number of carbonyl (C=O) groups is 1. The molecule has 0 unspecified atom stereocenters. The van der Waals surface area contributed by atoms with Crippen molar-refractivity contribution in [3.05, 3.63) is 52.9 Å². The van der Waals surface area contributed by atoms with Gasteiger partial charge in [0.15, 0.2) is 17.1 Å². The van der Waals surface area contributed by atoms with E-state index in [1.54, 1.807) is 31.5 Å². The highest BCUT2D eigenvalue weighted by molar-refractivity contribution is 6.31. The van der Waals surface area contributed by atoms with Gasteiger partial charge >= 0.3 is 0 Å². The normalized spacial score (nSPS) is 21.3. The molecule has 0 bridgehead atoms. The van der Waals surface area contributed by atoms with Crippen LogP contribution in [0.5, 0.6) is 5.75 Å². The molecule has 5 rings (SSSR count). The Labute approximate surface area is 179 Å². The summed E-state index contributed by atoms with van der Waals surface area (Å²) in [5.41, 5.74) is 7.59. The molecule has 0 spiro atoms. The van der Waals surface area contributed by atoms with Gasteiger partial charge in [0, 0.05) is 66.4 Å². The van der Waals surface area contributed by atoms with Crippen LogP contribution in [0.4, 0.5) is 5.82 Å². The molecule has 2 atom stereocenters. The first-order valence-corrected chi connectivity index (χ1v) is 10.4. The minimum Gasteiger partial charge on any atom is -0.493 e. The highest BCUT2D eigenvalue weighted by Gasteiger charge is 2.43. The Kier molecular flexibility index (Phi) is 4.79. The van der Waals surface area contributed by atoms with Crippen molar-refractivity contribution in [1.82, 2.24) is 14.8 Å². The Morgan fingerprint density at radius 2 is 2.23 bits per heavy atom. The second kappa shape index (κ2) is 7.49. The number of piperidine rings is 1. The minimum absolute atomic E-state index is 0.0854. The summed E-state index contributed by atoms with van der Waals surface area (Å²) in [7, 11) is 1.56. The molecule has 2 aromatic heterocycles. The van der Waals surface area contributed by atoms with Gasteiger partial charge in [0.05, 0.1) is 7.11 Å². The van der Waals surface area contributed by atoms with Gasteiger partial charge in [-0.2, -0.15) is 0 Å². The van der Waals surface area contributed by atoms with Crippen molar-refractivity contribution in [3.8, 4) is 5.75 Å². The maximum atomic E-state index is 13.1. The van der Waals surface area contributed by atoms with Crippen LogP contribution in [-0.2, 0) is 6.54 Å². The Bertz CT molecular complexity index is 1110. The summed E-state index contributed by atoms with van der Waals surface area (Å²) in [6.45, 7) is 3.19. The quantitative estimate of drug-likeness (QED) is 0.688. The number of halogens is 1. The molecule has 0 saturated carbocycles. The molecule has 156 valence electrons. The number of benzene rings is 1. The summed E-state index contributed by atoms with van der Waals surface area (Å²) in [4.78, 5) is 21.6. The van der Waals surface area contributed by atoms with Crippen molar-refractivity contribution in [1.29, 1.82) is 0 Å². The first-order valence-electron chi connectivity index (χ1n) is 10.0. The first kappa shape index (κ1) is 19.2. The van der Waals surface area contributed by atoms with Crippen LogP contribution in [0.2, 0.25) is 5.02 Å². The molecule has 2 saturated heterocycles. The molecule has 8 heteroatoms. The highest BCUT2D eigenvalue weighted by atomic mass is 35.5. The first-order chi connectivity index (χ1) is 14.5. The summed E-state index contributed by atoms with van der Waals surface area (Å²) < 4.78 is 11.2. The SMILES string of the molecule is COc1cc(Cl)cc2cc(C(=O)N3CC[C@H]4[C@@H](C3)CN4Cc3cccnc3N)oc12. The minimum atomic E-state index is -0.0854. The fraction of sp³-hybridized carbons (Fsp3) is 0.364. The second-order valence-corrected chi connectivity index (χ2v) is 8.42. The van der Waals surface area contributed by atoms with Gasteiger partial charge < -0.3 is 19.8 Å². The summed E-state index contributed by atoms with van der Waals surface area (Å²) in [5, 5.41) is 1.31. The van der Waals surface area contributed by atoms with E-state index in [2.05, 4.69) is 9.88 Å². The van der Waals surface area contributed by atoms with E-state index in [0.717, 1.165) is 37.0 Å². The average Bonchev–Trinajstić information content (AvgIpc) is 3.15. The zero-order valence-corrected chi connectivity index (χ0v) is 17.4. The van der Waals surface area contributed by atoms with Gasteiger partial charge in [-0.1, -0.05) is 17.7 Å². The number of carbonyl (C=O) groups excluding carboxylic acids is 1. The number of nitrogen functional groups attached to an aromatic ring is 1. The van der Waals surface area contributed by atoms with Crippen LogP contribution in [0, 0.1) is 5.92 Å². The molecular weight excluding hydrogens is 404 g/mol. The molecule has 2 fully saturated rings. The summed E-state index contributed by atoms with van der Waals surface area (Å²) in [5.74, 6) is 1.82. The lowest BCUT2D eigenvalue weighted by molar-refractivity contribution is -0.0426. The van der Waals surface area contributed by atoms with Crippen molar-refractivity contribution < 1.29 is 13.9 Å². The zero-order chi connectivity index (χ0) is 20.8. The van der Waals surface area contributed by atoms with E-state index in [0.29, 0.717) is 46.4 Å². The van der Waals surface area contributed by atoms with E-state index in [9.17, 15) is 4.79 Å².